The maximum atomic E-state index is 11.4. The lowest BCUT2D eigenvalue weighted by Gasteiger charge is -2.15. The van der Waals surface area contributed by atoms with E-state index in [4.69, 9.17) is 21.6 Å². The first-order valence-electron chi connectivity index (χ1n) is 5.59. The first-order chi connectivity index (χ1) is 8.72. The van der Waals surface area contributed by atoms with Crippen molar-refractivity contribution in [3.8, 4) is 11.9 Å². The van der Waals surface area contributed by atoms with Gasteiger partial charge in [-0.3, -0.25) is 4.79 Å². The van der Waals surface area contributed by atoms with Crippen LogP contribution in [0.1, 0.15) is 12.0 Å². The average molecular weight is 266 g/mol. The van der Waals surface area contributed by atoms with E-state index in [-0.39, 0.29) is 17.9 Å². The number of ether oxygens (including phenoxy) is 1. The first kappa shape index (κ1) is 12.7. The number of carbonyl (C=O) groups is 1. The minimum Gasteiger partial charge on any atom is -0.472 e. The fourth-order valence-corrected chi connectivity index (χ4v) is 2.02. The van der Waals surface area contributed by atoms with Gasteiger partial charge >= 0.3 is 0 Å². The van der Waals surface area contributed by atoms with E-state index in [0.29, 0.717) is 24.5 Å². The summed E-state index contributed by atoms with van der Waals surface area (Å²) in [5.41, 5.74) is 0.506. The van der Waals surface area contributed by atoms with Crippen molar-refractivity contribution in [3.05, 3.63) is 23.9 Å². The van der Waals surface area contributed by atoms with Gasteiger partial charge in [0, 0.05) is 25.2 Å². The molecular formula is C12H12ClN3O2. The number of nitrogens with zero attached hydrogens (tertiary/aromatic N) is 3. The van der Waals surface area contributed by atoms with Crippen LogP contribution in [-0.2, 0) is 4.79 Å². The van der Waals surface area contributed by atoms with Crippen LogP contribution in [0.5, 0.6) is 5.88 Å². The van der Waals surface area contributed by atoms with E-state index in [1.165, 1.54) is 6.20 Å². The Morgan fingerprint density at radius 3 is 3.28 bits per heavy atom. The number of carbonyl (C=O) groups excluding carboxylic acids is 1. The summed E-state index contributed by atoms with van der Waals surface area (Å²) in [7, 11) is 0. The van der Waals surface area contributed by atoms with Crippen LogP contribution in [0.4, 0.5) is 0 Å². The third-order valence-corrected chi connectivity index (χ3v) is 2.99. The van der Waals surface area contributed by atoms with Gasteiger partial charge in [-0.2, -0.15) is 5.26 Å². The summed E-state index contributed by atoms with van der Waals surface area (Å²) in [6.07, 6.45) is 2.20. The number of aromatic nitrogens is 1. The van der Waals surface area contributed by atoms with Gasteiger partial charge in [-0.15, -0.1) is 11.6 Å². The van der Waals surface area contributed by atoms with Gasteiger partial charge in [-0.25, -0.2) is 4.98 Å². The van der Waals surface area contributed by atoms with Gasteiger partial charge in [-0.1, -0.05) is 0 Å². The van der Waals surface area contributed by atoms with Crippen molar-refractivity contribution in [1.82, 2.24) is 9.88 Å². The smallest absolute Gasteiger partial charge is 0.237 e. The van der Waals surface area contributed by atoms with Gasteiger partial charge in [0.25, 0.3) is 0 Å². The molecule has 1 aliphatic heterocycles. The number of rotatable bonds is 3. The number of likely N-dealkylation sites (tertiary alicyclic amines) is 1. The highest BCUT2D eigenvalue weighted by atomic mass is 35.5. The van der Waals surface area contributed by atoms with E-state index >= 15 is 0 Å². The van der Waals surface area contributed by atoms with E-state index < -0.39 is 0 Å². The maximum absolute atomic E-state index is 11.4. The molecule has 0 aromatic carbocycles. The van der Waals surface area contributed by atoms with Crippen LogP contribution < -0.4 is 4.74 Å². The Morgan fingerprint density at radius 2 is 2.56 bits per heavy atom. The zero-order valence-electron chi connectivity index (χ0n) is 9.67. The van der Waals surface area contributed by atoms with Crippen molar-refractivity contribution >= 4 is 17.5 Å². The number of halogens is 1. The maximum Gasteiger partial charge on any atom is 0.237 e. The Bertz CT molecular complexity index is 486. The van der Waals surface area contributed by atoms with Crippen LogP contribution >= 0.6 is 11.6 Å². The summed E-state index contributed by atoms with van der Waals surface area (Å²) >= 11 is 5.50. The Hall–Kier alpha value is -1.80. The van der Waals surface area contributed by atoms with Gasteiger partial charge in [0.15, 0.2) is 0 Å². The molecule has 5 nitrogen and oxygen atoms in total. The van der Waals surface area contributed by atoms with E-state index in [1.807, 2.05) is 6.07 Å². The third-order valence-electron chi connectivity index (χ3n) is 2.76. The molecule has 6 heteroatoms. The second-order valence-corrected chi connectivity index (χ2v) is 4.26. The second kappa shape index (κ2) is 5.69. The van der Waals surface area contributed by atoms with Crippen LogP contribution in [0.2, 0.25) is 0 Å². The number of hydrogen-bond donors (Lipinski definition) is 0. The molecule has 1 fully saturated rings. The second-order valence-electron chi connectivity index (χ2n) is 4.00. The molecule has 1 saturated heterocycles. The van der Waals surface area contributed by atoms with Crippen LogP contribution in [-0.4, -0.2) is 40.9 Å². The molecule has 0 spiro atoms. The molecule has 0 N–H and O–H groups in total. The molecule has 0 radical (unpaired) electrons. The van der Waals surface area contributed by atoms with Gasteiger partial charge in [0.1, 0.15) is 12.0 Å². The lowest BCUT2D eigenvalue weighted by molar-refractivity contribution is -0.127. The van der Waals surface area contributed by atoms with Crippen LogP contribution in [0, 0.1) is 11.3 Å². The van der Waals surface area contributed by atoms with E-state index in [9.17, 15) is 4.79 Å². The normalized spacial score (nSPS) is 18.4. The van der Waals surface area contributed by atoms with Crippen molar-refractivity contribution in [2.75, 3.05) is 19.0 Å². The Balaban J connectivity index is 1.95. The molecule has 18 heavy (non-hydrogen) atoms. The summed E-state index contributed by atoms with van der Waals surface area (Å²) < 4.78 is 5.64. The average Bonchev–Trinajstić information content (AvgIpc) is 2.86. The highest BCUT2D eigenvalue weighted by Crippen LogP contribution is 2.17. The standard InChI is InChI=1S/C12H12ClN3O2/c13-6-12(17)16-4-2-10(8-16)18-11-5-9(7-14)1-3-15-11/h1,3,5,10H,2,4,6,8H2. The number of pyridine rings is 1. The van der Waals surface area contributed by atoms with Crippen LogP contribution in [0.3, 0.4) is 0 Å². The van der Waals surface area contributed by atoms with Crippen LogP contribution in [0.25, 0.3) is 0 Å². The molecule has 1 atom stereocenters. The van der Waals surface area contributed by atoms with Crippen molar-refractivity contribution in [2.24, 2.45) is 0 Å². The molecule has 0 saturated carbocycles. The number of hydrogen-bond acceptors (Lipinski definition) is 4. The molecule has 0 bridgehead atoms. The third kappa shape index (κ3) is 2.90. The number of nitriles is 1. The quantitative estimate of drug-likeness (QED) is 0.770. The lowest BCUT2D eigenvalue weighted by Crippen LogP contribution is -2.31. The zero-order chi connectivity index (χ0) is 13.0. The predicted octanol–water partition coefficient (Wildman–Crippen LogP) is 1.17. The minimum absolute atomic E-state index is 0.00507. The van der Waals surface area contributed by atoms with Crippen LogP contribution in [0.15, 0.2) is 18.3 Å². The molecule has 0 aliphatic carbocycles. The topological polar surface area (TPSA) is 66.2 Å². The first-order valence-corrected chi connectivity index (χ1v) is 6.13. The fraction of sp³-hybridized carbons (Fsp3) is 0.417. The van der Waals surface area contributed by atoms with Gasteiger partial charge < -0.3 is 9.64 Å². The summed E-state index contributed by atoms with van der Waals surface area (Å²) in [5, 5.41) is 8.77. The molecule has 1 aromatic heterocycles. The fourth-order valence-electron chi connectivity index (χ4n) is 1.85. The van der Waals surface area contributed by atoms with Gasteiger partial charge in [0.2, 0.25) is 11.8 Å². The molecule has 1 amide bonds. The summed E-state index contributed by atoms with van der Waals surface area (Å²) in [6, 6.07) is 5.23. The Labute approximate surface area is 110 Å². The largest absolute Gasteiger partial charge is 0.472 e. The molecule has 2 heterocycles. The van der Waals surface area contributed by atoms with E-state index in [1.54, 1.807) is 17.0 Å². The highest BCUT2D eigenvalue weighted by molar-refractivity contribution is 6.27. The minimum atomic E-state index is -0.0846. The summed E-state index contributed by atoms with van der Waals surface area (Å²) in [5.74, 6) is 0.329. The Kier molecular flexibility index (Phi) is 4.00. The van der Waals surface area contributed by atoms with Crippen molar-refractivity contribution < 1.29 is 9.53 Å². The molecule has 1 aromatic rings. The number of alkyl halides is 1. The zero-order valence-corrected chi connectivity index (χ0v) is 10.4. The molecule has 1 unspecified atom stereocenters. The predicted molar refractivity (Wildman–Crippen MR) is 65.3 cm³/mol. The van der Waals surface area contributed by atoms with Gasteiger partial charge in [0.05, 0.1) is 18.2 Å². The Morgan fingerprint density at radius 1 is 1.72 bits per heavy atom. The highest BCUT2D eigenvalue weighted by Gasteiger charge is 2.27. The van der Waals surface area contributed by atoms with Crippen molar-refractivity contribution in [3.63, 3.8) is 0 Å². The molecule has 2 rings (SSSR count). The van der Waals surface area contributed by atoms with E-state index in [2.05, 4.69) is 4.98 Å². The lowest BCUT2D eigenvalue weighted by atomic mass is 10.3. The molecule has 94 valence electrons. The van der Waals surface area contributed by atoms with Crippen molar-refractivity contribution in [1.29, 1.82) is 5.26 Å². The van der Waals surface area contributed by atoms with Crippen molar-refractivity contribution in [2.45, 2.75) is 12.5 Å². The molecule has 1 aliphatic rings. The number of amides is 1. The molecular weight excluding hydrogens is 254 g/mol. The SMILES string of the molecule is N#Cc1ccnc(OC2CCN(C(=O)CCl)C2)c1. The van der Waals surface area contributed by atoms with E-state index in [0.717, 1.165) is 6.42 Å². The summed E-state index contributed by atoms with van der Waals surface area (Å²) in [6.45, 7) is 1.16. The summed E-state index contributed by atoms with van der Waals surface area (Å²) in [4.78, 5) is 17.1. The van der Waals surface area contributed by atoms with Gasteiger partial charge in [-0.05, 0) is 6.07 Å². The monoisotopic (exact) mass is 265 g/mol.